The van der Waals surface area contributed by atoms with Crippen LogP contribution in [0.3, 0.4) is 0 Å². The van der Waals surface area contributed by atoms with E-state index in [1.165, 1.54) is 12.1 Å². The SMILES string of the molecule is CCC[C@H](c1nc2ccc(F)cc2c(=O)n1C(C)C)N1CCCN(CC)CC1. The van der Waals surface area contributed by atoms with Gasteiger partial charge in [-0.25, -0.2) is 9.37 Å². The highest BCUT2D eigenvalue weighted by atomic mass is 19.1. The van der Waals surface area contributed by atoms with Crippen molar-refractivity contribution in [3.05, 3.63) is 40.2 Å². The maximum absolute atomic E-state index is 13.7. The van der Waals surface area contributed by atoms with Crippen molar-refractivity contribution >= 4 is 10.9 Å². The van der Waals surface area contributed by atoms with Gasteiger partial charge >= 0.3 is 0 Å². The Morgan fingerprint density at radius 3 is 2.61 bits per heavy atom. The Bertz CT molecular complexity index is 863. The second-order valence-electron chi connectivity index (χ2n) is 8.03. The van der Waals surface area contributed by atoms with Gasteiger partial charge in [0, 0.05) is 25.7 Å². The van der Waals surface area contributed by atoms with Gasteiger partial charge in [0.1, 0.15) is 11.6 Å². The highest BCUT2D eigenvalue weighted by Gasteiger charge is 2.28. The highest BCUT2D eigenvalue weighted by molar-refractivity contribution is 5.77. The Balaban J connectivity index is 2.10. The Labute approximate surface area is 167 Å². The number of rotatable bonds is 6. The van der Waals surface area contributed by atoms with Crippen molar-refractivity contribution in [2.45, 2.75) is 59.0 Å². The molecule has 154 valence electrons. The van der Waals surface area contributed by atoms with Crippen molar-refractivity contribution in [1.29, 1.82) is 0 Å². The lowest BCUT2D eigenvalue weighted by Crippen LogP contribution is -2.38. The van der Waals surface area contributed by atoms with Crippen LogP contribution in [0.2, 0.25) is 0 Å². The summed E-state index contributed by atoms with van der Waals surface area (Å²) in [6.45, 7) is 13.6. The molecule has 1 atom stereocenters. The topological polar surface area (TPSA) is 41.4 Å². The quantitative estimate of drug-likeness (QED) is 0.750. The van der Waals surface area contributed by atoms with Crippen molar-refractivity contribution in [2.75, 3.05) is 32.7 Å². The third-order valence-corrected chi connectivity index (χ3v) is 5.78. The number of fused-ring (bicyclic) bond motifs is 1. The van der Waals surface area contributed by atoms with Crippen LogP contribution in [0.15, 0.2) is 23.0 Å². The van der Waals surface area contributed by atoms with Gasteiger partial charge < -0.3 is 4.90 Å². The lowest BCUT2D eigenvalue weighted by molar-refractivity contribution is 0.176. The first-order chi connectivity index (χ1) is 13.5. The van der Waals surface area contributed by atoms with Crippen molar-refractivity contribution in [1.82, 2.24) is 19.4 Å². The molecule has 0 N–H and O–H groups in total. The van der Waals surface area contributed by atoms with Crippen LogP contribution in [0.4, 0.5) is 4.39 Å². The molecule has 0 aliphatic carbocycles. The van der Waals surface area contributed by atoms with Crippen LogP contribution in [0.25, 0.3) is 10.9 Å². The molecule has 0 spiro atoms. The van der Waals surface area contributed by atoms with Gasteiger partial charge in [-0.1, -0.05) is 20.3 Å². The molecule has 1 aromatic heterocycles. The zero-order valence-electron chi connectivity index (χ0n) is 17.6. The number of hydrogen-bond acceptors (Lipinski definition) is 4. The van der Waals surface area contributed by atoms with Gasteiger partial charge in [-0.05, 0) is 58.0 Å². The summed E-state index contributed by atoms with van der Waals surface area (Å²) < 4.78 is 15.5. The molecule has 3 rings (SSSR count). The van der Waals surface area contributed by atoms with Gasteiger partial charge in [-0.3, -0.25) is 14.3 Å². The van der Waals surface area contributed by atoms with Gasteiger partial charge in [-0.15, -0.1) is 0 Å². The summed E-state index contributed by atoms with van der Waals surface area (Å²) in [4.78, 5) is 23.1. The molecular weight excluding hydrogens is 355 g/mol. The van der Waals surface area contributed by atoms with Crippen LogP contribution in [0.1, 0.15) is 64.9 Å². The molecule has 1 saturated heterocycles. The molecule has 1 fully saturated rings. The van der Waals surface area contributed by atoms with E-state index in [-0.39, 0.29) is 17.6 Å². The van der Waals surface area contributed by atoms with Crippen LogP contribution >= 0.6 is 0 Å². The predicted molar refractivity (Wildman–Crippen MR) is 112 cm³/mol. The summed E-state index contributed by atoms with van der Waals surface area (Å²) in [6.07, 6.45) is 3.10. The summed E-state index contributed by atoms with van der Waals surface area (Å²) >= 11 is 0. The minimum absolute atomic E-state index is 0.0267. The Kier molecular flexibility index (Phi) is 6.83. The minimum Gasteiger partial charge on any atom is -0.302 e. The van der Waals surface area contributed by atoms with Gasteiger partial charge in [0.25, 0.3) is 5.56 Å². The van der Waals surface area contributed by atoms with E-state index in [0.29, 0.717) is 10.9 Å². The molecule has 1 aliphatic rings. The van der Waals surface area contributed by atoms with Crippen molar-refractivity contribution < 1.29 is 4.39 Å². The highest BCUT2D eigenvalue weighted by Crippen LogP contribution is 2.28. The molecule has 5 nitrogen and oxygen atoms in total. The van der Waals surface area contributed by atoms with Crippen molar-refractivity contribution in [3.63, 3.8) is 0 Å². The van der Waals surface area contributed by atoms with Crippen LogP contribution in [-0.2, 0) is 0 Å². The number of benzene rings is 1. The van der Waals surface area contributed by atoms with Gasteiger partial charge in [0.2, 0.25) is 0 Å². The van der Waals surface area contributed by atoms with E-state index in [9.17, 15) is 9.18 Å². The third-order valence-electron chi connectivity index (χ3n) is 5.78. The summed E-state index contributed by atoms with van der Waals surface area (Å²) in [7, 11) is 0. The molecule has 1 aliphatic heterocycles. The van der Waals surface area contributed by atoms with E-state index in [4.69, 9.17) is 4.98 Å². The number of hydrogen-bond donors (Lipinski definition) is 0. The van der Waals surface area contributed by atoms with Gasteiger partial charge in [0.15, 0.2) is 0 Å². The maximum Gasteiger partial charge on any atom is 0.261 e. The summed E-state index contributed by atoms with van der Waals surface area (Å²) in [5.41, 5.74) is 0.449. The monoisotopic (exact) mass is 388 g/mol. The normalized spacial score (nSPS) is 17.9. The summed E-state index contributed by atoms with van der Waals surface area (Å²) in [6, 6.07) is 4.41. The average molecular weight is 389 g/mol. The van der Waals surface area contributed by atoms with E-state index in [0.717, 1.165) is 57.8 Å². The molecule has 0 amide bonds. The van der Waals surface area contributed by atoms with Gasteiger partial charge in [0.05, 0.1) is 16.9 Å². The number of aromatic nitrogens is 2. The molecule has 28 heavy (non-hydrogen) atoms. The average Bonchev–Trinajstić information content (AvgIpc) is 2.91. The van der Waals surface area contributed by atoms with Crippen LogP contribution in [0, 0.1) is 5.82 Å². The second-order valence-corrected chi connectivity index (χ2v) is 8.03. The number of likely N-dealkylation sites (N-methyl/N-ethyl adjacent to an activating group) is 1. The molecule has 2 heterocycles. The smallest absolute Gasteiger partial charge is 0.261 e. The molecule has 6 heteroatoms. The third kappa shape index (κ3) is 4.28. The maximum atomic E-state index is 13.7. The van der Waals surface area contributed by atoms with E-state index in [1.807, 2.05) is 13.8 Å². The van der Waals surface area contributed by atoms with Crippen molar-refractivity contribution in [2.24, 2.45) is 0 Å². The molecule has 0 saturated carbocycles. The molecular formula is C22H33FN4O. The zero-order chi connectivity index (χ0) is 20.3. The molecule has 1 aromatic carbocycles. The minimum atomic E-state index is -0.397. The van der Waals surface area contributed by atoms with Crippen LogP contribution in [0.5, 0.6) is 0 Å². The fourth-order valence-electron chi connectivity index (χ4n) is 4.29. The largest absolute Gasteiger partial charge is 0.302 e. The summed E-state index contributed by atoms with van der Waals surface area (Å²) in [5, 5.41) is 0.362. The fourth-order valence-corrected chi connectivity index (χ4v) is 4.29. The fraction of sp³-hybridized carbons (Fsp3) is 0.636. The summed E-state index contributed by atoms with van der Waals surface area (Å²) in [5.74, 6) is 0.428. The first-order valence-electron chi connectivity index (χ1n) is 10.6. The second kappa shape index (κ2) is 9.14. The lowest BCUT2D eigenvalue weighted by atomic mass is 10.1. The Hall–Kier alpha value is -1.79. The standard InChI is InChI=1S/C22H33FN4O/c1-5-8-20(26-12-7-11-25(6-2)13-14-26)21-24-19-10-9-17(23)15-18(19)22(28)27(21)16(3)4/h9-10,15-16,20H,5-8,11-14H2,1-4H3/t20-/m1/s1. The predicted octanol–water partition coefficient (Wildman–Crippen LogP) is 3.99. The number of nitrogens with zero attached hydrogens (tertiary/aromatic N) is 4. The van der Waals surface area contributed by atoms with Crippen LogP contribution in [-0.4, -0.2) is 52.1 Å². The Morgan fingerprint density at radius 2 is 1.93 bits per heavy atom. The van der Waals surface area contributed by atoms with Gasteiger partial charge in [-0.2, -0.15) is 0 Å². The van der Waals surface area contributed by atoms with Crippen LogP contribution < -0.4 is 5.56 Å². The molecule has 0 unspecified atom stereocenters. The lowest BCUT2D eigenvalue weighted by Gasteiger charge is -2.32. The molecule has 0 radical (unpaired) electrons. The van der Waals surface area contributed by atoms with E-state index in [2.05, 4.69) is 23.6 Å². The first kappa shape index (κ1) is 20.9. The zero-order valence-corrected chi connectivity index (χ0v) is 17.6. The van der Waals surface area contributed by atoms with Crippen molar-refractivity contribution in [3.8, 4) is 0 Å². The van der Waals surface area contributed by atoms with E-state index < -0.39 is 5.82 Å². The van der Waals surface area contributed by atoms with E-state index in [1.54, 1.807) is 10.6 Å². The first-order valence-corrected chi connectivity index (χ1v) is 10.6. The number of halogens is 1. The molecule has 0 bridgehead atoms. The van der Waals surface area contributed by atoms with E-state index >= 15 is 0 Å². The molecule has 2 aromatic rings. The Morgan fingerprint density at radius 1 is 1.14 bits per heavy atom.